The number of carbonyl (C=O) groups excluding carboxylic acids is 1. The average molecular weight is 613 g/mol. The molecule has 0 saturated heterocycles. The van der Waals surface area contributed by atoms with E-state index in [0.717, 1.165) is 5.56 Å². The van der Waals surface area contributed by atoms with E-state index in [9.17, 15) is 13.8 Å². The molecule has 2 aliphatic rings. The molecule has 0 saturated carbocycles. The number of carboxylic acids is 1. The molecule has 4 bridgehead atoms. The number of fused-ring (bicyclic) bond motifs is 13. The van der Waals surface area contributed by atoms with Crippen molar-refractivity contribution < 1.29 is 33.1 Å². The molecule has 0 fully saturated rings. The second kappa shape index (κ2) is 16.0. The van der Waals surface area contributed by atoms with Gasteiger partial charge in [-0.05, 0) is 31.7 Å². The van der Waals surface area contributed by atoms with Crippen molar-refractivity contribution in [1.82, 2.24) is 19.6 Å². The number of carboxylic acid groups (broad SMARTS) is 1. The Balaban J connectivity index is 1.63. The van der Waals surface area contributed by atoms with E-state index in [1.165, 1.54) is 6.20 Å². The first-order valence-corrected chi connectivity index (χ1v) is 15.0. The van der Waals surface area contributed by atoms with E-state index < -0.39 is 22.9 Å². The maximum Gasteiger partial charge on any atom is 0.303 e. The number of para-hydroxylation sites is 1. The Hall–Kier alpha value is -3.95. The molecule has 13 nitrogen and oxygen atoms in total. The van der Waals surface area contributed by atoms with Gasteiger partial charge in [0.25, 0.3) is 5.91 Å². The van der Waals surface area contributed by atoms with Gasteiger partial charge in [-0.25, -0.2) is 18.5 Å². The van der Waals surface area contributed by atoms with Crippen LogP contribution in [0, 0.1) is 0 Å². The van der Waals surface area contributed by atoms with Gasteiger partial charge in [-0.1, -0.05) is 24.3 Å². The summed E-state index contributed by atoms with van der Waals surface area (Å²) in [6.07, 6.45) is 1.78. The van der Waals surface area contributed by atoms with Crippen LogP contribution in [0.4, 0.5) is 11.5 Å². The van der Waals surface area contributed by atoms with Crippen molar-refractivity contribution in [3.63, 3.8) is 0 Å². The highest BCUT2D eigenvalue weighted by Gasteiger charge is 2.20. The molecule has 5 N–H and O–H groups in total. The fourth-order valence-electron chi connectivity index (χ4n) is 4.34. The van der Waals surface area contributed by atoms with Crippen LogP contribution < -0.4 is 21.1 Å². The van der Waals surface area contributed by atoms with Gasteiger partial charge in [-0.2, -0.15) is 0 Å². The molecule has 5 rings (SSSR count). The fraction of sp³-hybridized carbons (Fsp3) is 0.379. The van der Waals surface area contributed by atoms with Gasteiger partial charge < -0.3 is 35.7 Å². The van der Waals surface area contributed by atoms with Crippen LogP contribution in [0.1, 0.15) is 28.9 Å². The number of nitrogens with two attached hydrogens (primary N) is 1. The highest BCUT2D eigenvalue weighted by atomic mass is 32.2. The number of hydrogen-bond acceptors (Lipinski definition) is 10. The number of aromatic nitrogens is 2. The Labute approximate surface area is 252 Å². The lowest BCUT2D eigenvalue weighted by Gasteiger charge is -2.21. The average Bonchev–Trinajstić information content (AvgIpc) is 3.00. The summed E-state index contributed by atoms with van der Waals surface area (Å²) in [5, 5.41) is 15.0. The van der Waals surface area contributed by atoms with E-state index in [4.69, 9.17) is 25.1 Å². The van der Waals surface area contributed by atoms with Gasteiger partial charge in [-0.15, -0.1) is 0 Å². The number of anilines is 2. The summed E-state index contributed by atoms with van der Waals surface area (Å²) in [5.74, 6) is -0.994. The first-order valence-electron chi connectivity index (χ1n) is 13.8. The topological polar surface area (TPSA) is 178 Å². The number of aliphatic carboxylic acids is 1. The van der Waals surface area contributed by atoms with Crippen molar-refractivity contribution in [2.24, 2.45) is 0 Å². The highest BCUT2D eigenvalue weighted by Crippen LogP contribution is 2.30. The zero-order chi connectivity index (χ0) is 30.6. The minimum Gasteiger partial charge on any atom is -0.489 e. The molecule has 0 spiro atoms. The summed E-state index contributed by atoms with van der Waals surface area (Å²) < 4.78 is 32.5. The molecule has 2 aromatic carbocycles. The van der Waals surface area contributed by atoms with Gasteiger partial charge in [0.15, 0.2) is 11.5 Å². The van der Waals surface area contributed by atoms with Crippen molar-refractivity contribution in [2.45, 2.75) is 24.3 Å². The molecule has 0 radical (unpaired) electrons. The van der Waals surface area contributed by atoms with E-state index in [1.807, 2.05) is 19.2 Å². The number of ether oxygens (including phenoxy) is 3. The van der Waals surface area contributed by atoms with Gasteiger partial charge >= 0.3 is 5.97 Å². The van der Waals surface area contributed by atoms with E-state index in [1.54, 1.807) is 34.6 Å². The molecular formula is C29H36N6O7S. The van der Waals surface area contributed by atoms with Gasteiger partial charge in [0.2, 0.25) is 0 Å². The molecule has 1 amide bonds. The van der Waals surface area contributed by atoms with Crippen molar-refractivity contribution in [3.05, 3.63) is 59.9 Å². The lowest BCUT2D eigenvalue weighted by Crippen LogP contribution is -2.31. The van der Waals surface area contributed by atoms with Crippen molar-refractivity contribution in [3.8, 4) is 17.0 Å². The maximum atomic E-state index is 13.4. The van der Waals surface area contributed by atoms with Crippen LogP contribution in [-0.2, 0) is 31.8 Å². The van der Waals surface area contributed by atoms with Crippen LogP contribution in [0.25, 0.3) is 11.3 Å². The predicted molar refractivity (Wildman–Crippen MR) is 161 cm³/mol. The number of benzene rings is 2. The normalized spacial score (nSPS) is 17.1. The van der Waals surface area contributed by atoms with Crippen LogP contribution in [0.2, 0.25) is 0 Å². The van der Waals surface area contributed by atoms with E-state index in [0.29, 0.717) is 73.5 Å². The summed E-state index contributed by atoms with van der Waals surface area (Å²) in [6, 6.07) is 12.3. The summed E-state index contributed by atoms with van der Waals surface area (Å²) in [7, 11) is 0.260. The zero-order valence-electron chi connectivity index (χ0n) is 23.9. The molecule has 1 aromatic heterocycles. The third-order valence-electron chi connectivity index (χ3n) is 6.44. The standard InChI is InChI=1S/C29H36N6O7S/c1-31-18-21-4-2-5-23-27(21)42-17-16-41-15-14-40-13-12-35(11-3-6-25(36)37)43(39)22-9-7-20(8-10-22)24-19-32-28(30)26(33-24)29(38)34-23/h2,4-5,7-10,19,31H,3,6,11-18H2,1H3,(H2,30,32)(H,34,38)(H,36,37). The zero-order valence-corrected chi connectivity index (χ0v) is 24.7. The summed E-state index contributed by atoms with van der Waals surface area (Å²) in [6.45, 7) is 2.62. The Morgan fingerprint density at radius 1 is 1.12 bits per heavy atom. The van der Waals surface area contributed by atoms with Gasteiger partial charge in [-0.3, -0.25) is 9.59 Å². The molecule has 230 valence electrons. The lowest BCUT2D eigenvalue weighted by atomic mass is 10.1. The van der Waals surface area contributed by atoms with Crippen molar-refractivity contribution in [2.75, 3.05) is 64.2 Å². The minimum absolute atomic E-state index is 0.0317. The van der Waals surface area contributed by atoms with E-state index in [-0.39, 0.29) is 31.1 Å². The Morgan fingerprint density at radius 2 is 1.86 bits per heavy atom. The van der Waals surface area contributed by atoms with Crippen LogP contribution in [0.3, 0.4) is 0 Å². The van der Waals surface area contributed by atoms with E-state index in [2.05, 4.69) is 20.6 Å². The molecule has 2 aliphatic heterocycles. The number of amides is 1. The smallest absolute Gasteiger partial charge is 0.303 e. The molecule has 3 aromatic rings. The van der Waals surface area contributed by atoms with Crippen molar-refractivity contribution in [1.29, 1.82) is 0 Å². The van der Waals surface area contributed by atoms with Gasteiger partial charge in [0.1, 0.15) is 23.3 Å². The molecule has 43 heavy (non-hydrogen) atoms. The van der Waals surface area contributed by atoms with Gasteiger partial charge in [0.05, 0.1) is 48.9 Å². The van der Waals surface area contributed by atoms with E-state index >= 15 is 0 Å². The molecule has 1 atom stereocenters. The number of nitrogens with one attached hydrogen (secondary N) is 2. The monoisotopic (exact) mass is 612 g/mol. The van der Waals surface area contributed by atoms with Crippen LogP contribution in [0.5, 0.6) is 5.75 Å². The molecule has 0 aliphatic carbocycles. The third-order valence-corrected chi connectivity index (χ3v) is 7.95. The quantitative estimate of drug-likeness (QED) is 0.300. The summed E-state index contributed by atoms with van der Waals surface area (Å²) in [4.78, 5) is 33.6. The summed E-state index contributed by atoms with van der Waals surface area (Å²) in [5.41, 5.74) is 8.35. The second-order valence-electron chi connectivity index (χ2n) is 9.54. The number of nitrogen functional groups attached to an aromatic ring is 1. The Morgan fingerprint density at radius 3 is 2.60 bits per heavy atom. The number of nitrogens with zero attached hydrogens (tertiary/aromatic N) is 3. The highest BCUT2D eigenvalue weighted by molar-refractivity contribution is 7.82. The number of carbonyl (C=O) groups is 2. The second-order valence-corrected chi connectivity index (χ2v) is 11.0. The Bertz CT molecular complexity index is 1420. The first kappa shape index (κ1) is 32.0. The fourth-order valence-corrected chi connectivity index (χ4v) is 5.54. The predicted octanol–water partition coefficient (Wildman–Crippen LogP) is 2.31. The SMILES string of the molecule is CNCc1cccc2c1OCCOCCOCCN(CCCC(=O)O)S(=O)c1ccc(cc1)-c1cnc(N)c(n1)C(=O)N2. The van der Waals surface area contributed by atoms with Gasteiger partial charge in [0, 0.05) is 37.2 Å². The molecule has 14 heteroatoms. The largest absolute Gasteiger partial charge is 0.489 e. The Kier molecular flexibility index (Phi) is 11.9. The number of rotatable bonds is 6. The molecule has 3 heterocycles. The lowest BCUT2D eigenvalue weighted by molar-refractivity contribution is -0.137. The van der Waals surface area contributed by atoms with Crippen molar-refractivity contribution >= 4 is 34.4 Å². The van der Waals surface area contributed by atoms with Crippen LogP contribution in [-0.4, -0.2) is 88.6 Å². The third kappa shape index (κ3) is 9.02. The van der Waals surface area contributed by atoms with Crippen LogP contribution in [0.15, 0.2) is 53.6 Å². The molecule has 1 unspecified atom stereocenters. The summed E-state index contributed by atoms with van der Waals surface area (Å²) >= 11 is 0. The number of hydrogen-bond donors (Lipinski definition) is 4. The minimum atomic E-state index is -1.56. The maximum absolute atomic E-state index is 13.4. The first-order chi connectivity index (χ1) is 20.9. The molecular weight excluding hydrogens is 576 g/mol. The van der Waals surface area contributed by atoms with Crippen LogP contribution >= 0.6 is 0 Å².